The molecule has 1 aromatic heterocycles. The van der Waals surface area contributed by atoms with Crippen LogP contribution >= 0.6 is 0 Å². The molecule has 1 aliphatic heterocycles. The first-order valence-electron chi connectivity index (χ1n) is 12.0. The number of hydrogen-bond donors (Lipinski definition) is 5. The van der Waals surface area contributed by atoms with Gasteiger partial charge in [-0.3, -0.25) is 14.4 Å². The maximum atomic E-state index is 13.1. The van der Waals surface area contributed by atoms with Crippen molar-refractivity contribution in [2.24, 2.45) is 5.73 Å². The van der Waals surface area contributed by atoms with Crippen LogP contribution in [-0.2, 0) is 16.0 Å². The zero-order chi connectivity index (χ0) is 24.6. The van der Waals surface area contributed by atoms with Gasteiger partial charge >= 0.3 is 0 Å². The summed E-state index contributed by atoms with van der Waals surface area (Å²) in [5, 5.41) is 9.48. The van der Waals surface area contributed by atoms with Crippen molar-refractivity contribution in [3.8, 4) is 0 Å². The van der Waals surface area contributed by atoms with Crippen molar-refractivity contribution >= 4 is 34.3 Å². The molecule has 9 heteroatoms. The number of anilines is 1. The van der Waals surface area contributed by atoms with Gasteiger partial charge in [0.25, 0.3) is 5.91 Å². The van der Waals surface area contributed by atoms with Crippen LogP contribution in [0.2, 0.25) is 0 Å². The minimum Gasteiger partial charge on any atom is -0.361 e. The van der Waals surface area contributed by atoms with E-state index in [2.05, 4.69) is 25.8 Å². The number of aromatic nitrogens is 1. The lowest BCUT2D eigenvalue weighted by Gasteiger charge is -2.18. The first-order chi connectivity index (χ1) is 17.0. The van der Waals surface area contributed by atoms with Crippen LogP contribution in [0.25, 0.3) is 10.9 Å². The van der Waals surface area contributed by atoms with Crippen LogP contribution in [0.5, 0.6) is 0 Å². The minimum atomic E-state index is -0.807. The third kappa shape index (κ3) is 6.46. The largest absolute Gasteiger partial charge is 0.361 e. The van der Waals surface area contributed by atoms with Gasteiger partial charge in [-0.15, -0.1) is 0 Å². The van der Waals surface area contributed by atoms with Crippen LogP contribution in [-0.4, -0.2) is 66.4 Å². The standard InChI is InChI=1S/C26H32N6O3/c27-16-24(33)31-23(15-19-17-29-22-6-2-1-5-21(19)22)26(35)30-20-9-7-18(8-10-20)25(34)28-11-14-32-12-3-4-13-32/h1-2,5-10,17,23,29H,3-4,11-16,27H2,(H,28,34)(H,30,35)(H,31,33)/t23-/m0/s1. The number of benzene rings is 2. The summed E-state index contributed by atoms with van der Waals surface area (Å²) >= 11 is 0. The highest BCUT2D eigenvalue weighted by molar-refractivity contribution is 5.99. The highest BCUT2D eigenvalue weighted by Gasteiger charge is 2.22. The van der Waals surface area contributed by atoms with Crippen LogP contribution in [0, 0.1) is 0 Å². The normalized spacial score (nSPS) is 14.5. The molecular formula is C26H32N6O3. The molecule has 0 saturated carbocycles. The third-order valence-corrected chi connectivity index (χ3v) is 6.26. The van der Waals surface area contributed by atoms with E-state index in [0.29, 0.717) is 24.2 Å². The fourth-order valence-electron chi connectivity index (χ4n) is 4.35. The van der Waals surface area contributed by atoms with Gasteiger partial charge in [-0.2, -0.15) is 0 Å². The molecule has 0 bridgehead atoms. The summed E-state index contributed by atoms with van der Waals surface area (Å²) in [7, 11) is 0. The molecule has 4 rings (SSSR count). The smallest absolute Gasteiger partial charge is 0.251 e. The van der Waals surface area contributed by atoms with Gasteiger partial charge in [0.05, 0.1) is 6.54 Å². The van der Waals surface area contributed by atoms with Crippen LogP contribution in [0.15, 0.2) is 54.7 Å². The number of amides is 3. The summed E-state index contributed by atoms with van der Waals surface area (Å²) in [4.78, 5) is 43.0. The molecule has 0 spiro atoms. The Labute approximate surface area is 204 Å². The zero-order valence-electron chi connectivity index (χ0n) is 19.7. The predicted molar refractivity (Wildman–Crippen MR) is 136 cm³/mol. The first-order valence-corrected chi connectivity index (χ1v) is 12.0. The molecule has 35 heavy (non-hydrogen) atoms. The molecule has 3 aromatic rings. The Morgan fingerprint density at radius 3 is 2.51 bits per heavy atom. The summed E-state index contributed by atoms with van der Waals surface area (Å²) in [6.45, 7) is 3.44. The molecule has 2 heterocycles. The minimum absolute atomic E-state index is 0.144. The van der Waals surface area contributed by atoms with E-state index < -0.39 is 11.9 Å². The number of H-pyrrole nitrogens is 1. The highest BCUT2D eigenvalue weighted by atomic mass is 16.2. The van der Waals surface area contributed by atoms with Crippen molar-refractivity contribution in [3.05, 3.63) is 65.9 Å². The Kier molecular flexibility index (Phi) is 8.12. The van der Waals surface area contributed by atoms with Gasteiger partial charge in [-0.25, -0.2) is 0 Å². The van der Waals surface area contributed by atoms with Crippen molar-refractivity contribution < 1.29 is 14.4 Å². The van der Waals surface area contributed by atoms with E-state index in [1.165, 1.54) is 12.8 Å². The number of para-hydroxylation sites is 1. The molecule has 1 saturated heterocycles. The molecule has 1 atom stereocenters. The number of carbonyl (C=O) groups excluding carboxylic acids is 3. The number of nitrogens with one attached hydrogen (secondary N) is 4. The topological polar surface area (TPSA) is 132 Å². The van der Waals surface area contributed by atoms with Gasteiger partial charge < -0.3 is 31.6 Å². The molecule has 9 nitrogen and oxygen atoms in total. The van der Waals surface area contributed by atoms with Gasteiger partial charge in [0.2, 0.25) is 11.8 Å². The maximum Gasteiger partial charge on any atom is 0.251 e. The van der Waals surface area contributed by atoms with Crippen molar-refractivity contribution in [2.75, 3.05) is 38.0 Å². The van der Waals surface area contributed by atoms with E-state index in [4.69, 9.17) is 5.73 Å². The lowest BCUT2D eigenvalue weighted by molar-refractivity contribution is -0.125. The van der Waals surface area contributed by atoms with Crippen molar-refractivity contribution in [2.45, 2.75) is 25.3 Å². The van der Waals surface area contributed by atoms with Crippen LogP contribution < -0.4 is 21.7 Å². The Balaban J connectivity index is 1.36. The van der Waals surface area contributed by atoms with Crippen molar-refractivity contribution in [3.63, 3.8) is 0 Å². The molecule has 0 unspecified atom stereocenters. The Morgan fingerprint density at radius 1 is 1.03 bits per heavy atom. The van der Waals surface area contributed by atoms with E-state index in [1.807, 2.05) is 30.5 Å². The van der Waals surface area contributed by atoms with E-state index in [9.17, 15) is 14.4 Å². The molecule has 184 valence electrons. The number of nitrogens with two attached hydrogens (primary N) is 1. The highest BCUT2D eigenvalue weighted by Crippen LogP contribution is 2.20. The second kappa shape index (κ2) is 11.6. The van der Waals surface area contributed by atoms with Gasteiger partial charge in [-0.1, -0.05) is 18.2 Å². The summed E-state index contributed by atoms with van der Waals surface area (Å²) in [6, 6.07) is 13.7. The number of nitrogens with zero attached hydrogens (tertiary/aromatic N) is 1. The third-order valence-electron chi connectivity index (χ3n) is 6.26. The summed E-state index contributed by atoms with van der Waals surface area (Å²) < 4.78 is 0. The zero-order valence-corrected chi connectivity index (χ0v) is 19.7. The number of hydrogen-bond acceptors (Lipinski definition) is 5. The molecule has 6 N–H and O–H groups in total. The lowest BCUT2D eigenvalue weighted by atomic mass is 10.0. The van der Waals surface area contributed by atoms with E-state index >= 15 is 0 Å². The van der Waals surface area contributed by atoms with Gasteiger partial charge in [0.15, 0.2) is 0 Å². The SMILES string of the molecule is NCC(=O)N[C@@H](Cc1c[nH]c2ccccc12)C(=O)Nc1ccc(C(=O)NCCN2CCCC2)cc1. The van der Waals surface area contributed by atoms with Crippen molar-refractivity contribution in [1.82, 2.24) is 20.5 Å². The molecule has 2 aromatic carbocycles. The summed E-state index contributed by atoms with van der Waals surface area (Å²) in [6.07, 6.45) is 4.59. The molecular weight excluding hydrogens is 444 g/mol. The Morgan fingerprint density at radius 2 is 1.77 bits per heavy atom. The molecule has 0 radical (unpaired) electrons. The van der Waals surface area contributed by atoms with Gasteiger partial charge in [-0.05, 0) is 61.8 Å². The van der Waals surface area contributed by atoms with E-state index in [0.717, 1.165) is 36.1 Å². The molecule has 1 aliphatic rings. The number of rotatable bonds is 10. The average Bonchev–Trinajstić information content (AvgIpc) is 3.54. The predicted octanol–water partition coefficient (Wildman–Crippen LogP) is 1.62. The maximum absolute atomic E-state index is 13.1. The Bertz CT molecular complexity index is 1170. The molecule has 3 amide bonds. The lowest BCUT2D eigenvalue weighted by Crippen LogP contribution is -2.47. The number of aromatic amines is 1. The van der Waals surface area contributed by atoms with Gasteiger partial charge in [0.1, 0.15) is 6.04 Å². The summed E-state index contributed by atoms with van der Waals surface area (Å²) in [5.74, 6) is -0.916. The van der Waals surface area contributed by atoms with E-state index in [1.54, 1.807) is 24.3 Å². The van der Waals surface area contributed by atoms with Crippen molar-refractivity contribution in [1.29, 1.82) is 0 Å². The number of carbonyl (C=O) groups is 3. The van der Waals surface area contributed by atoms with Crippen LogP contribution in [0.3, 0.4) is 0 Å². The number of fused-ring (bicyclic) bond motifs is 1. The fraction of sp³-hybridized carbons (Fsp3) is 0.346. The monoisotopic (exact) mass is 476 g/mol. The Hall–Kier alpha value is -3.69. The second-order valence-electron chi connectivity index (χ2n) is 8.76. The van der Waals surface area contributed by atoms with Crippen LogP contribution in [0.1, 0.15) is 28.8 Å². The first kappa shape index (κ1) is 24.4. The second-order valence-corrected chi connectivity index (χ2v) is 8.76. The molecule has 0 aliphatic carbocycles. The van der Waals surface area contributed by atoms with Crippen LogP contribution in [0.4, 0.5) is 5.69 Å². The fourth-order valence-corrected chi connectivity index (χ4v) is 4.35. The van der Waals surface area contributed by atoms with E-state index in [-0.39, 0.29) is 18.4 Å². The summed E-state index contributed by atoms with van der Waals surface area (Å²) in [5.41, 5.74) is 8.40. The molecule has 1 fully saturated rings. The average molecular weight is 477 g/mol. The number of likely N-dealkylation sites (tertiary alicyclic amines) is 1. The quantitative estimate of drug-likeness (QED) is 0.303. The van der Waals surface area contributed by atoms with Gasteiger partial charge in [0, 0.05) is 47.9 Å².